The topological polar surface area (TPSA) is 66.6 Å². The summed E-state index contributed by atoms with van der Waals surface area (Å²) in [6.07, 6.45) is 3.33. The maximum atomic E-state index is 5.82. The van der Waals surface area contributed by atoms with Gasteiger partial charge >= 0.3 is 0 Å². The Hall–Kier alpha value is -1.92. The van der Waals surface area contributed by atoms with Crippen LogP contribution >= 0.6 is 0 Å². The van der Waals surface area contributed by atoms with E-state index >= 15 is 0 Å². The van der Waals surface area contributed by atoms with Gasteiger partial charge in [0.2, 0.25) is 0 Å². The lowest BCUT2D eigenvalue weighted by Gasteiger charge is -2.11. The number of rotatable bonds is 5. The van der Waals surface area contributed by atoms with Crippen LogP contribution in [0.3, 0.4) is 0 Å². The van der Waals surface area contributed by atoms with Crippen LogP contribution in [-0.2, 0) is 9.47 Å². The molecule has 6 heteroatoms. The molecule has 2 saturated heterocycles. The van der Waals surface area contributed by atoms with Crippen LogP contribution in [0.1, 0.15) is 31.0 Å². The molecule has 0 saturated carbocycles. The third-order valence-corrected chi connectivity index (χ3v) is 4.28. The second-order valence-electron chi connectivity index (χ2n) is 5.99. The van der Waals surface area contributed by atoms with Crippen LogP contribution in [0.15, 0.2) is 28.8 Å². The summed E-state index contributed by atoms with van der Waals surface area (Å²) in [5, 5.41) is 4.09. The van der Waals surface area contributed by atoms with Crippen molar-refractivity contribution < 1.29 is 18.7 Å². The lowest BCUT2D eigenvalue weighted by Crippen LogP contribution is -2.16. The molecule has 4 rings (SSSR count). The van der Waals surface area contributed by atoms with E-state index in [-0.39, 0.29) is 12.0 Å². The first-order chi connectivity index (χ1) is 11.4. The Labute approximate surface area is 134 Å². The fraction of sp³-hybridized carbons (Fsp3) is 0.529. The van der Waals surface area contributed by atoms with Crippen molar-refractivity contribution in [3.8, 4) is 17.2 Å². The van der Waals surface area contributed by atoms with Gasteiger partial charge in [-0.2, -0.15) is 4.98 Å². The Morgan fingerprint density at radius 3 is 3.04 bits per heavy atom. The van der Waals surface area contributed by atoms with Gasteiger partial charge in [-0.3, -0.25) is 0 Å². The zero-order valence-electron chi connectivity index (χ0n) is 12.9. The summed E-state index contributed by atoms with van der Waals surface area (Å²) >= 11 is 0. The van der Waals surface area contributed by atoms with Crippen molar-refractivity contribution in [1.29, 1.82) is 0 Å². The largest absolute Gasteiger partial charge is 0.491 e. The molecule has 6 nitrogen and oxygen atoms in total. The van der Waals surface area contributed by atoms with E-state index in [1.54, 1.807) is 0 Å². The highest BCUT2D eigenvalue weighted by Gasteiger charge is 2.23. The number of nitrogens with zero attached hydrogens (tertiary/aromatic N) is 2. The third kappa shape index (κ3) is 3.38. The van der Waals surface area contributed by atoms with Crippen LogP contribution < -0.4 is 4.74 Å². The van der Waals surface area contributed by atoms with Crippen molar-refractivity contribution in [3.05, 3.63) is 30.1 Å². The molecule has 23 heavy (non-hydrogen) atoms. The van der Waals surface area contributed by atoms with Gasteiger partial charge in [0.15, 0.2) is 5.82 Å². The number of ether oxygens (including phenoxy) is 3. The highest BCUT2D eigenvalue weighted by molar-refractivity contribution is 5.55. The monoisotopic (exact) mass is 316 g/mol. The molecule has 1 aromatic heterocycles. The van der Waals surface area contributed by atoms with Gasteiger partial charge in [-0.15, -0.1) is 0 Å². The van der Waals surface area contributed by atoms with Gasteiger partial charge in [0.1, 0.15) is 12.4 Å². The Bertz CT molecular complexity index is 646. The lowest BCUT2D eigenvalue weighted by atomic mass is 10.1. The lowest BCUT2D eigenvalue weighted by molar-refractivity contribution is 0.0680. The summed E-state index contributed by atoms with van der Waals surface area (Å²) in [5.41, 5.74) is 0.868. The first kappa shape index (κ1) is 14.7. The van der Waals surface area contributed by atoms with Crippen LogP contribution in [0.5, 0.6) is 5.75 Å². The molecule has 122 valence electrons. The molecular weight excluding hydrogens is 296 g/mol. The Kier molecular flexibility index (Phi) is 4.26. The maximum Gasteiger partial charge on any atom is 0.258 e. The number of benzene rings is 1. The normalized spacial score (nSPS) is 24.2. The summed E-state index contributed by atoms with van der Waals surface area (Å²) in [7, 11) is 0. The maximum absolute atomic E-state index is 5.82. The molecule has 2 aliphatic rings. The van der Waals surface area contributed by atoms with E-state index in [4.69, 9.17) is 18.7 Å². The van der Waals surface area contributed by atoms with Crippen LogP contribution in [0.2, 0.25) is 0 Å². The first-order valence-electron chi connectivity index (χ1n) is 8.15. The molecule has 3 heterocycles. The van der Waals surface area contributed by atoms with E-state index in [2.05, 4.69) is 10.1 Å². The fourth-order valence-electron chi connectivity index (χ4n) is 2.94. The highest BCUT2D eigenvalue weighted by Crippen LogP contribution is 2.27. The number of hydrogen-bond donors (Lipinski definition) is 0. The molecule has 1 aromatic carbocycles. The van der Waals surface area contributed by atoms with Crippen molar-refractivity contribution in [2.45, 2.75) is 31.3 Å². The summed E-state index contributed by atoms with van der Waals surface area (Å²) in [6, 6.07) is 7.74. The van der Waals surface area contributed by atoms with Gasteiger partial charge in [0.25, 0.3) is 5.89 Å². The Morgan fingerprint density at radius 2 is 2.22 bits per heavy atom. The van der Waals surface area contributed by atoms with Gasteiger partial charge in [-0.05, 0) is 37.5 Å². The Morgan fingerprint density at radius 1 is 1.22 bits per heavy atom. The third-order valence-electron chi connectivity index (χ3n) is 4.28. The molecule has 0 N–H and O–H groups in total. The van der Waals surface area contributed by atoms with Gasteiger partial charge in [0.05, 0.1) is 12.7 Å². The molecule has 2 aliphatic heterocycles. The minimum atomic E-state index is 0.205. The highest BCUT2D eigenvalue weighted by atomic mass is 16.5. The molecule has 2 atom stereocenters. The zero-order chi connectivity index (χ0) is 15.5. The molecule has 2 fully saturated rings. The molecule has 0 radical (unpaired) electrons. The van der Waals surface area contributed by atoms with E-state index in [1.165, 1.54) is 0 Å². The van der Waals surface area contributed by atoms with Crippen molar-refractivity contribution in [3.63, 3.8) is 0 Å². The quantitative estimate of drug-likeness (QED) is 0.845. The summed E-state index contributed by atoms with van der Waals surface area (Å²) in [4.78, 5) is 4.50. The van der Waals surface area contributed by atoms with E-state index < -0.39 is 0 Å². The average molecular weight is 316 g/mol. The van der Waals surface area contributed by atoms with Crippen LogP contribution in [0, 0.1) is 0 Å². The number of aromatic nitrogens is 2. The number of hydrogen-bond acceptors (Lipinski definition) is 6. The second-order valence-corrected chi connectivity index (χ2v) is 5.99. The second kappa shape index (κ2) is 6.68. The van der Waals surface area contributed by atoms with E-state index in [0.717, 1.165) is 49.6 Å². The summed E-state index contributed by atoms with van der Waals surface area (Å²) < 4.78 is 22.2. The van der Waals surface area contributed by atoms with E-state index in [1.807, 2.05) is 24.3 Å². The predicted octanol–water partition coefficient (Wildman–Crippen LogP) is 2.80. The Balaban J connectivity index is 1.44. The SMILES string of the molecule is c1cc(OC[C@@H]2CCCO2)cc(-c2nc([C@@H]3CCOC3)no2)c1. The molecule has 2 aromatic rings. The predicted molar refractivity (Wildman–Crippen MR) is 82.4 cm³/mol. The summed E-state index contributed by atoms with van der Waals surface area (Å²) in [6.45, 7) is 2.85. The van der Waals surface area contributed by atoms with Crippen LogP contribution in [-0.4, -0.2) is 42.7 Å². The summed E-state index contributed by atoms with van der Waals surface area (Å²) in [5.74, 6) is 2.28. The standard InChI is InChI=1S/C17H20N2O4/c1-3-12(9-14(4-1)22-11-15-5-2-7-21-15)17-18-16(19-23-17)13-6-8-20-10-13/h1,3-4,9,13,15H,2,5-8,10-11H2/t13-,15+/m1/s1. The molecule has 0 spiro atoms. The van der Waals surface area contributed by atoms with E-state index in [0.29, 0.717) is 19.1 Å². The fourth-order valence-corrected chi connectivity index (χ4v) is 2.94. The zero-order valence-corrected chi connectivity index (χ0v) is 12.9. The van der Waals surface area contributed by atoms with Crippen LogP contribution in [0.4, 0.5) is 0 Å². The van der Waals surface area contributed by atoms with Crippen molar-refractivity contribution in [2.75, 3.05) is 26.4 Å². The molecule has 0 amide bonds. The minimum Gasteiger partial charge on any atom is -0.491 e. The van der Waals surface area contributed by atoms with Crippen LogP contribution in [0.25, 0.3) is 11.5 Å². The minimum absolute atomic E-state index is 0.205. The van der Waals surface area contributed by atoms with Crippen molar-refractivity contribution in [1.82, 2.24) is 10.1 Å². The van der Waals surface area contributed by atoms with E-state index in [9.17, 15) is 0 Å². The first-order valence-corrected chi connectivity index (χ1v) is 8.15. The van der Waals surface area contributed by atoms with Gasteiger partial charge < -0.3 is 18.7 Å². The van der Waals surface area contributed by atoms with Crippen molar-refractivity contribution >= 4 is 0 Å². The van der Waals surface area contributed by atoms with Gasteiger partial charge in [-0.25, -0.2) is 0 Å². The average Bonchev–Trinajstić information content (AvgIpc) is 3.35. The van der Waals surface area contributed by atoms with Gasteiger partial charge in [0, 0.05) is 24.7 Å². The molecule has 0 aliphatic carbocycles. The van der Waals surface area contributed by atoms with Gasteiger partial charge in [-0.1, -0.05) is 11.2 Å². The molecule has 0 bridgehead atoms. The molecular formula is C17H20N2O4. The smallest absolute Gasteiger partial charge is 0.258 e. The molecule has 0 unspecified atom stereocenters. The van der Waals surface area contributed by atoms with Crippen molar-refractivity contribution in [2.24, 2.45) is 0 Å².